The lowest BCUT2D eigenvalue weighted by Crippen LogP contribution is -2.23. The van der Waals surface area contributed by atoms with Crippen LogP contribution in [-0.4, -0.2) is 41.1 Å². The van der Waals surface area contributed by atoms with Gasteiger partial charge in [-0.3, -0.25) is 4.68 Å². The molecule has 1 fully saturated rings. The van der Waals surface area contributed by atoms with E-state index < -0.39 is 0 Å². The number of anilines is 1. The number of methoxy groups -OCH3 is 1. The van der Waals surface area contributed by atoms with Crippen LogP contribution in [0.5, 0.6) is 0 Å². The number of fused-ring (bicyclic) bond motifs is 1. The Kier molecular flexibility index (Phi) is 3.11. The van der Waals surface area contributed by atoms with Crippen molar-refractivity contribution in [2.75, 3.05) is 25.1 Å². The van der Waals surface area contributed by atoms with Gasteiger partial charge in [-0.1, -0.05) is 11.6 Å². The van der Waals surface area contributed by atoms with E-state index >= 15 is 0 Å². The molecule has 1 aliphatic heterocycles. The Morgan fingerprint density at radius 1 is 1.47 bits per heavy atom. The van der Waals surface area contributed by atoms with Crippen molar-refractivity contribution >= 4 is 28.5 Å². The molecule has 6 heteroatoms. The molecule has 0 N–H and O–H groups in total. The zero-order chi connectivity index (χ0) is 13.6. The summed E-state index contributed by atoms with van der Waals surface area (Å²) in [6, 6.07) is 1.93. The van der Waals surface area contributed by atoms with Crippen molar-refractivity contribution in [2.24, 2.45) is 7.05 Å². The Balaban J connectivity index is 2.04. The number of aromatic nitrogens is 3. The Labute approximate surface area is 117 Å². The van der Waals surface area contributed by atoms with E-state index in [2.05, 4.69) is 10.00 Å². The first kappa shape index (κ1) is 12.7. The van der Waals surface area contributed by atoms with Crippen molar-refractivity contribution in [3.05, 3.63) is 16.8 Å². The minimum atomic E-state index is 0.282. The molecule has 0 spiro atoms. The fourth-order valence-corrected chi connectivity index (χ4v) is 2.99. The summed E-state index contributed by atoms with van der Waals surface area (Å²) in [4.78, 5) is 6.90. The average molecular weight is 281 g/mol. The average Bonchev–Trinajstić information content (AvgIpc) is 2.95. The topological polar surface area (TPSA) is 43.2 Å². The van der Waals surface area contributed by atoms with E-state index in [4.69, 9.17) is 21.3 Å². The summed E-state index contributed by atoms with van der Waals surface area (Å²) in [6.07, 6.45) is 1.31. The van der Waals surface area contributed by atoms with E-state index in [0.717, 1.165) is 42.1 Å². The van der Waals surface area contributed by atoms with E-state index in [0.29, 0.717) is 5.02 Å². The second-order valence-electron chi connectivity index (χ2n) is 4.96. The number of hydrogen-bond donors (Lipinski definition) is 0. The number of pyridine rings is 1. The highest BCUT2D eigenvalue weighted by Crippen LogP contribution is 2.30. The number of hydrogen-bond acceptors (Lipinski definition) is 4. The van der Waals surface area contributed by atoms with Gasteiger partial charge in [-0.15, -0.1) is 0 Å². The van der Waals surface area contributed by atoms with Crippen molar-refractivity contribution in [2.45, 2.75) is 19.4 Å². The van der Waals surface area contributed by atoms with Crippen molar-refractivity contribution in [3.63, 3.8) is 0 Å². The van der Waals surface area contributed by atoms with Gasteiger partial charge in [-0.2, -0.15) is 5.10 Å². The van der Waals surface area contributed by atoms with Gasteiger partial charge in [0.25, 0.3) is 0 Å². The third-order valence-corrected chi connectivity index (χ3v) is 4.01. The van der Waals surface area contributed by atoms with Gasteiger partial charge in [-0.05, 0) is 13.3 Å². The van der Waals surface area contributed by atoms with Crippen LogP contribution in [0.2, 0.25) is 5.02 Å². The SMILES string of the molecule is CO[C@@H]1CCN(c2cc(Cl)c3c(C)nn(C)c3n2)C1. The maximum Gasteiger partial charge on any atom is 0.161 e. The van der Waals surface area contributed by atoms with Crippen molar-refractivity contribution < 1.29 is 4.74 Å². The first-order valence-electron chi connectivity index (χ1n) is 6.37. The molecule has 0 saturated carbocycles. The molecule has 0 radical (unpaired) electrons. The summed E-state index contributed by atoms with van der Waals surface area (Å²) in [5.41, 5.74) is 1.75. The van der Waals surface area contributed by atoms with E-state index in [1.54, 1.807) is 11.8 Å². The van der Waals surface area contributed by atoms with Crippen LogP contribution in [0, 0.1) is 6.92 Å². The normalized spacial score (nSPS) is 19.6. The molecule has 1 atom stereocenters. The van der Waals surface area contributed by atoms with Crippen LogP contribution in [0.15, 0.2) is 6.07 Å². The minimum absolute atomic E-state index is 0.282. The molecule has 1 aliphatic rings. The Bertz CT molecular complexity index is 625. The Morgan fingerprint density at radius 2 is 2.26 bits per heavy atom. The maximum absolute atomic E-state index is 6.38. The highest BCUT2D eigenvalue weighted by atomic mass is 35.5. The molecule has 0 unspecified atom stereocenters. The zero-order valence-corrected chi connectivity index (χ0v) is 12.1. The molecule has 0 aromatic carbocycles. The molecule has 5 nitrogen and oxygen atoms in total. The van der Waals surface area contributed by atoms with Gasteiger partial charge in [0, 0.05) is 33.3 Å². The Morgan fingerprint density at radius 3 is 2.95 bits per heavy atom. The first-order valence-corrected chi connectivity index (χ1v) is 6.75. The molecule has 102 valence electrons. The summed E-state index contributed by atoms with van der Waals surface area (Å²) < 4.78 is 7.17. The minimum Gasteiger partial charge on any atom is -0.380 e. The summed E-state index contributed by atoms with van der Waals surface area (Å²) in [6.45, 7) is 3.76. The fourth-order valence-electron chi connectivity index (χ4n) is 2.67. The first-order chi connectivity index (χ1) is 9.10. The lowest BCUT2D eigenvalue weighted by Gasteiger charge is -2.17. The van der Waals surface area contributed by atoms with Crippen LogP contribution in [0.1, 0.15) is 12.1 Å². The van der Waals surface area contributed by atoms with E-state index in [9.17, 15) is 0 Å². The molecule has 0 amide bonds. The molecule has 2 aromatic heterocycles. The number of nitrogens with zero attached hydrogens (tertiary/aromatic N) is 4. The highest BCUT2D eigenvalue weighted by molar-refractivity contribution is 6.35. The van der Waals surface area contributed by atoms with Crippen LogP contribution in [0.4, 0.5) is 5.82 Å². The highest BCUT2D eigenvalue weighted by Gasteiger charge is 2.24. The standard InChI is InChI=1S/C13H17ClN4O/c1-8-12-10(14)6-11(15-13(12)17(2)16-8)18-5-4-9(7-18)19-3/h6,9H,4-5,7H2,1-3H3/t9-/m1/s1. The second kappa shape index (κ2) is 4.65. The zero-order valence-electron chi connectivity index (χ0n) is 11.4. The van der Waals surface area contributed by atoms with Crippen LogP contribution >= 0.6 is 11.6 Å². The van der Waals surface area contributed by atoms with Crippen molar-refractivity contribution in [1.29, 1.82) is 0 Å². The van der Waals surface area contributed by atoms with Gasteiger partial charge in [0.1, 0.15) is 5.82 Å². The van der Waals surface area contributed by atoms with Gasteiger partial charge in [0.15, 0.2) is 5.65 Å². The molecule has 3 heterocycles. The predicted octanol–water partition coefficient (Wildman–Crippen LogP) is 2.16. The van der Waals surface area contributed by atoms with Gasteiger partial charge in [0.2, 0.25) is 0 Å². The summed E-state index contributed by atoms with van der Waals surface area (Å²) in [7, 11) is 3.65. The van der Waals surface area contributed by atoms with Gasteiger partial charge >= 0.3 is 0 Å². The van der Waals surface area contributed by atoms with Crippen LogP contribution < -0.4 is 4.90 Å². The predicted molar refractivity (Wildman–Crippen MR) is 75.9 cm³/mol. The van der Waals surface area contributed by atoms with Crippen molar-refractivity contribution in [1.82, 2.24) is 14.8 Å². The molecule has 19 heavy (non-hydrogen) atoms. The molecule has 2 aromatic rings. The van der Waals surface area contributed by atoms with Crippen molar-refractivity contribution in [3.8, 4) is 0 Å². The smallest absolute Gasteiger partial charge is 0.161 e. The van der Waals surface area contributed by atoms with E-state index in [-0.39, 0.29) is 6.10 Å². The van der Waals surface area contributed by atoms with Crippen LogP contribution in [0.3, 0.4) is 0 Å². The third kappa shape index (κ3) is 2.07. The summed E-state index contributed by atoms with van der Waals surface area (Å²) in [5, 5.41) is 6.03. The monoisotopic (exact) mass is 280 g/mol. The maximum atomic E-state index is 6.38. The molecular weight excluding hydrogens is 264 g/mol. The molecule has 0 aliphatic carbocycles. The number of rotatable bonds is 2. The number of ether oxygens (including phenoxy) is 1. The second-order valence-corrected chi connectivity index (χ2v) is 5.37. The lowest BCUT2D eigenvalue weighted by atomic mass is 10.2. The fraction of sp³-hybridized carbons (Fsp3) is 0.538. The Hall–Kier alpha value is -1.33. The molecular formula is C13H17ClN4O. The summed E-state index contributed by atoms with van der Waals surface area (Å²) >= 11 is 6.38. The third-order valence-electron chi connectivity index (χ3n) is 3.71. The van der Waals surface area contributed by atoms with Crippen LogP contribution in [-0.2, 0) is 11.8 Å². The van der Waals surface area contributed by atoms with Gasteiger partial charge in [0.05, 0.1) is 22.2 Å². The van der Waals surface area contributed by atoms with E-state index in [1.165, 1.54) is 0 Å². The number of aryl methyl sites for hydroxylation is 2. The van der Waals surface area contributed by atoms with Gasteiger partial charge < -0.3 is 9.64 Å². The van der Waals surface area contributed by atoms with Crippen LogP contribution in [0.25, 0.3) is 11.0 Å². The molecule has 0 bridgehead atoms. The quantitative estimate of drug-likeness (QED) is 0.845. The van der Waals surface area contributed by atoms with Gasteiger partial charge in [-0.25, -0.2) is 4.98 Å². The molecule has 3 rings (SSSR count). The lowest BCUT2D eigenvalue weighted by molar-refractivity contribution is 0.121. The molecule has 1 saturated heterocycles. The largest absolute Gasteiger partial charge is 0.380 e. The summed E-state index contributed by atoms with van der Waals surface area (Å²) in [5.74, 6) is 0.903. The number of halogens is 1. The van der Waals surface area contributed by atoms with E-state index in [1.807, 2.05) is 20.0 Å².